The lowest BCUT2D eigenvalue weighted by molar-refractivity contribution is 0.281. The largest absolute Gasteiger partial charge is 0.496 e. The van der Waals surface area contributed by atoms with Crippen LogP contribution < -0.4 is 9.47 Å². The third-order valence-electron chi connectivity index (χ3n) is 9.60. The van der Waals surface area contributed by atoms with Crippen LogP contribution in [-0.4, -0.2) is 19.3 Å². The summed E-state index contributed by atoms with van der Waals surface area (Å²) < 4.78 is 40.3. The Morgan fingerprint density at radius 3 is 1.50 bits per heavy atom. The van der Waals surface area contributed by atoms with Crippen molar-refractivity contribution in [3.63, 3.8) is 0 Å². The summed E-state index contributed by atoms with van der Waals surface area (Å²) >= 11 is 6.01. The Morgan fingerprint density at radius 2 is 1.13 bits per heavy atom. The van der Waals surface area contributed by atoms with Gasteiger partial charge in [0.2, 0.25) is 0 Å². The van der Waals surface area contributed by atoms with Crippen LogP contribution in [0.2, 0.25) is 0 Å². The van der Waals surface area contributed by atoms with Gasteiger partial charge in [0, 0.05) is 40.0 Å². The second kappa shape index (κ2) is 12.7. The highest BCUT2D eigenvalue weighted by Crippen LogP contribution is 2.58. The molecule has 2 aliphatic carbocycles. The quantitative estimate of drug-likeness (QED) is 0.153. The Labute approximate surface area is 276 Å². The van der Waals surface area contributed by atoms with Gasteiger partial charge in [-0.05, 0) is 68.5 Å². The van der Waals surface area contributed by atoms with Crippen LogP contribution >= 0.6 is 11.6 Å². The van der Waals surface area contributed by atoms with E-state index in [1.807, 2.05) is 42.5 Å². The standard InChI is InChI=1S/C20H20ClFO.C20H21FO2/c1-5-20(2,3)19-14-10-12(11-21)6-7-13(14)17-15(22)8-9-16(23-4)18(17)19;1-5-20(2,3)19-14-10-12(11-22)6-7-13(14)17-15(21)8-9-16(23-4)18(17)19/h5-10,19H,1,11H2,2-4H3;5-10,19,22H,1,11H2,2-4H3. The molecule has 6 heteroatoms. The number of alkyl halides is 1. The minimum Gasteiger partial charge on any atom is -0.496 e. The van der Waals surface area contributed by atoms with E-state index in [9.17, 15) is 13.9 Å². The first-order valence-corrected chi connectivity index (χ1v) is 15.9. The number of fused-ring (bicyclic) bond motifs is 6. The highest BCUT2D eigenvalue weighted by atomic mass is 35.5. The predicted molar refractivity (Wildman–Crippen MR) is 184 cm³/mol. The lowest BCUT2D eigenvalue weighted by Gasteiger charge is -2.31. The lowest BCUT2D eigenvalue weighted by Crippen LogP contribution is -2.19. The average Bonchev–Trinajstić information content (AvgIpc) is 3.60. The summed E-state index contributed by atoms with van der Waals surface area (Å²) in [5.74, 6) is 1.28. The fourth-order valence-corrected chi connectivity index (χ4v) is 7.22. The monoisotopic (exact) mass is 642 g/mol. The van der Waals surface area contributed by atoms with Crippen molar-refractivity contribution in [1.29, 1.82) is 0 Å². The van der Waals surface area contributed by atoms with Gasteiger partial charge in [-0.25, -0.2) is 8.78 Å². The van der Waals surface area contributed by atoms with Crippen molar-refractivity contribution >= 4 is 11.6 Å². The van der Waals surface area contributed by atoms with Gasteiger partial charge in [0.1, 0.15) is 23.1 Å². The van der Waals surface area contributed by atoms with Gasteiger partial charge in [0.05, 0.1) is 20.8 Å². The van der Waals surface area contributed by atoms with Crippen molar-refractivity contribution in [1.82, 2.24) is 0 Å². The summed E-state index contributed by atoms with van der Waals surface area (Å²) in [4.78, 5) is 0. The molecule has 0 aromatic heterocycles. The number of aliphatic hydroxyl groups is 1. The number of allylic oxidation sites excluding steroid dienone is 2. The van der Waals surface area contributed by atoms with Gasteiger partial charge in [-0.1, -0.05) is 76.2 Å². The van der Waals surface area contributed by atoms with E-state index < -0.39 is 0 Å². The Balaban J connectivity index is 0.000000181. The van der Waals surface area contributed by atoms with E-state index in [2.05, 4.69) is 46.9 Å². The van der Waals surface area contributed by atoms with E-state index in [4.69, 9.17) is 21.1 Å². The summed E-state index contributed by atoms with van der Waals surface area (Å²) in [6.07, 6.45) is 3.82. The summed E-state index contributed by atoms with van der Waals surface area (Å²) in [7, 11) is 3.23. The second-order valence-electron chi connectivity index (χ2n) is 13.1. The van der Waals surface area contributed by atoms with E-state index in [1.165, 1.54) is 12.1 Å². The molecule has 1 N–H and O–H groups in total. The average molecular weight is 643 g/mol. The van der Waals surface area contributed by atoms with Gasteiger partial charge in [-0.2, -0.15) is 0 Å². The highest BCUT2D eigenvalue weighted by molar-refractivity contribution is 6.17. The van der Waals surface area contributed by atoms with Crippen LogP contribution in [0, 0.1) is 22.5 Å². The van der Waals surface area contributed by atoms with Crippen LogP contribution in [-0.2, 0) is 12.5 Å². The predicted octanol–water partition coefficient (Wildman–Crippen LogP) is 10.5. The molecule has 0 saturated carbocycles. The van der Waals surface area contributed by atoms with E-state index in [0.29, 0.717) is 28.5 Å². The Morgan fingerprint density at radius 1 is 0.717 bits per heavy atom. The smallest absolute Gasteiger partial charge is 0.131 e. The maximum Gasteiger partial charge on any atom is 0.131 e. The van der Waals surface area contributed by atoms with Crippen molar-refractivity contribution in [3.8, 4) is 33.8 Å². The van der Waals surface area contributed by atoms with Crippen molar-refractivity contribution in [2.45, 2.75) is 52.0 Å². The summed E-state index contributed by atoms with van der Waals surface area (Å²) in [6, 6.07) is 18.0. The molecule has 2 unspecified atom stereocenters. The molecular weight excluding hydrogens is 602 g/mol. The zero-order valence-corrected chi connectivity index (χ0v) is 28.1. The SMILES string of the molecule is C=CC(C)(C)C1c2cc(CCl)ccc2-c2c(F)ccc(OC)c21.C=CC(C)(C)C1c2cc(CO)ccc2-c2c(F)ccc(OC)c21. The zero-order valence-electron chi connectivity index (χ0n) is 27.3. The number of hydrogen-bond acceptors (Lipinski definition) is 3. The molecule has 240 valence electrons. The van der Waals surface area contributed by atoms with E-state index >= 15 is 0 Å². The van der Waals surface area contributed by atoms with Crippen molar-refractivity contribution in [3.05, 3.63) is 131 Å². The molecule has 0 heterocycles. The number of ether oxygens (including phenoxy) is 2. The molecule has 6 rings (SSSR count). The number of rotatable bonds is 8. The van der Waals surface area contributed by atoms with Gasteiger partial charge in [0.25, 0.3) is 0 Å². The molecule has 0 saturated heterocycles. The number of hydrogen-bond donors (Lipinski definition) is 1. The number of aliphatic hydroxyl groups excluding tert-OH is 1. The Hall–Kier alpha value is -3.93. The van der Waals surface area contributed by atoms with Gasteiger partial charge >= 0.3 is 0 Å². The number of halogens is 3. The highest BCUT2D eigenvalue weighted by Gasteiger charge is 2.42. The zero-order chi connectivity index (χ0) is 33.6. The molecule has 0 bridgehead atoms. The maximum atomic E-state index is 14.6. The molecule has 3 nitrogen and oxygen atoms in total. The van der Waals surface area contributed by atoms with Crippen molar-refractivity contribution < 1.29 is 23.4 Å². The molecular formula is C40H41ClF2O3. The second-order valence-corrected chi connectivity index (χ2v) is 13.4. The van der Waals surface area contributed by atoms with Crippen molar-refractivity contribution in [2.75, 3.05) is 14.2 Å². The molecule has 0 aliphatic heterocycles. The molecule has 0 fully saturated rings. The molecule has 2 atom stereocenters. The van der Waals surface area contributed by atoms with Crippen LogP contribution in [0.1, 0.15) is 72.9 Å². The topological polar surface area (TPSA) is 38.7 Å². The molecule has 0 amide bonds. The fraction of sp³-hybridized carbons (Fsp3) is 0.300. The van der Waals surface area contributed by atoms with Crippen LogP contribution in [0.5, 0.6) is 11.5 Å². The molecule has 0 radical (unpaired) electrons. The summed E-state index contributed by atoms with van der Waals surface area (Å²) in [6.45, 7) is 16.3. The van der Waals surface area contributed by atoms with Gasteiger partial charge < -0.3 is 14.6 Å². The molecule has 46 heavy (non-hydrogen) atoms. The molecule has 4 aromatic rings. The number of benzene rings is 4. The van der Waals surface area contributed by atoms with E-state index in [0.717, 1.165) is 44.5 Å². The first-order chi connectivity index (χ1) is 21.9. The van der Waals surface area contributed by atoms with E-state index in [1.54, 1.807) is 26.4 Å². The van der Waals surface area contributed by atoms with Crippen LogP contribution in [0.15, 0.2) is 86.0 Å². The van der Waals surface area contributed by atoms with Crippen molar-refractivity contribution in [2.24, 2.45) is 10.8 Å². The molecule has 4 aromatic carbocycles. The van der Waals surface area contributed by atoms with Gasteiger partial charge in [-0.15, -0.1) is 24.8 Å². The minimum atomic E-state index is -0.283. The van der Waals surface area contributed by atoms with Gasteiger partial charge in [-0.3, -0.25) is 0 Å². The number of methoxy groups -OCH3 is 2. The first kappa shape index (κ1) is 33.4. The normalized spacial score (nSPS) is 16.0. The third kappa shape index (κ3) is 5.44. The van der Waals surface area contributed by atoms with Crippen LogP contribution in [0.4, 0.5) is 8.78 Å². The van der Waals surface area contributed by atoms with Crippen LogP contribution in [0.25, 0.3) is 22.3 Å². The van der Waals surface area contributed by atoms with Gasteiger partial charge in [0.15, 0.2) is 0 Å². The molecule has 0 spiro atoms. The molecule has 2 aliphatic rings. The van der Waals surface area contributed by atoms with E-state index in [-0.39, 0.29) is 40.9 Å². The fourth-order valence-electron chi connectivity index (χ4n) is 7.06. The summed E-state index contributed by atoms with van der Waals surface area (Å²) in [5, 5.41) is 9.47. The third-order valence-corrected chi connectivity index (χ3v) is 9.90. The lowest BCUT2D eigenvalue weighted by atomic mass is 9.73. The van der Waals surface area contributed by atoms with Crippen LogP contribution in [0.3, 0.4) is 0 Å². The first-order valence-electron chi connectivity index (χ1n) is 15.3. The Bertz CT molecular complexity index is 1690. The Kier molecular flexibility index (Phi) is 9.23. The summed E-state index contributed by atoms with van der Waals surface area (Å²) in [5.41, 5.74) is 8.22. The minimum absolute atomic E-state index is 0.0150. The maximum absolute atomic E-state index is 14.6.